The highest BCUT2D eigenvalue weighted by molar-refractivity contribution is 9.10. The lowest BCUT2D eigenvalue weighted by Crippen LogP contribution is -2.14. The second-order valence-electron chi connectivity index (χ2n) is 7.84. The largest absolute Gasteiger partial charge is 0.340 e. The molecule has 2 unspecified atom stereocenters. The first-order valence-corrected chi connectivity index (χ1v) is 10.9. The molecular weight excluding hydrogens is 428 g/mol. The standard InChI is InChI=1S/C23H25BrN4O/c1-15-4-2-5-16(15)8-11-22(29)27-19-9-10-21-20(13-19)23(26-14-25-21)28-18-7-3-6-17(24)12-18/h3,6-7,9-10,12-16H,2,4-5,8,11H2,1H3,(H,27,29)(H,25,26,28). The molecule has 0 radical (unpaired) electrons. The van der Waals surface area contributed by atoms with Crippen molar-refractivity contribution in [1.29, 1.82) is 0 Å². The molecule has 1 fully saturated rings. The average molecular weight is 453 g/mol. The molecule has 2 aromatic carbocycles. The first-order valence-electron chi connectivity index (χ1n) is 10.2. The van der Waals surface area contributed by atoms with Crippen LogP contribution >= 0.6 is 15.9 Å². The molecule has 0 spiro atoms. The van der Waals surface area contributed by atoms with Gasteiger partial charge in [-0.25, -0.2) is 9.97 Å². The van der Waals surface area contributed by atoms with Crippen molar-refractivity contribution < 1.29 is 4.79 Å². The fraction of sp³-hybridized carbons (Fsp3) is 0.348. The van der Waals surface area contributed by atoms with Gasteiger partial charge < -0.3 is 10.6 Å². The summed E-state index contributed by atoms with van der Waals surface area (Å²) >= 11 is 3.49. The molecule has 6 heteroatoms. The molecule has 0 bridgehead atoms. The van der Waals surface area contributed by atoms with Gasteiger partial charge in [0.15, 0.2) is 0 Å². The second kappa shape index (κ2) is 8.91. The highest BCUT2D eigenvalue weighted by Crippen LogP contribution is 2.34. The molecule has 1 aliphatic carbocycles. The van der Waals surface area contributed by atoms with Gasteiger partial charge in [-0.15, -0.1) is 0 Å². The fourth-order valence-corrected chi connectivity index (χ4v) is 4.53. The Morgan fingerprint density at radius 3 is 2.83 bits per heavy atom. The van der Waals surface area contributed by atoms with Gasteiger partial charge in [-0.1, -0.05) is 48.2 Å². The number of nitrogens with zero attached hydrogens (tertiary/aromatic N) is 2. The second-order valence-corrected chi connectivity index (χ2v) is 8.76. The predicted molar refractivity (Wildman–Crippen MR) is 121 cm³/mol. The molecule has 1 saturated carbocycles. The van der Waals surface area contributed by atoms with E-state index in [2.05, 4.69) is 43.5 Å². The number of carbonyl (C=O) groups excluding carboxylic acids is 1. The van der Waals surface area contributed by atoms with Crippen molar-refractivity contribution in [2.45, 2.75) is 39.0 Å². The Balaban J connectivity index is 1.48. The summed E-state index contributed by atoms with van der Waals surface area (Å²) in [6.45, 7) is 2.30. The van der Waals surface area contributed by atoms with E-state index in [9.17, 15) is 4.79 Å². The van der Waals surface area contributed by atoms with Crippen LogP contribution in [-0.4, -0.2) is 15.9 Å². The number of nitrogens with one attached hydrogen (secondary N) is 2. The topological polar surface area (TPSA) is 66.9 Å². The van der Waals surface area contributed by atoms with Gasteiger partial charge >= 0.3 is 0 Å². The fourth-order valence-electron chi connectivity index (χ4n) is 4.13. The van der Waals surface area contributed by atoms with E-state index in [-0.39, 0.29) is 5.91 Å². The summed E-state index contributed by atoms with van der Waals surface area (Å²) in [6.07, 6.45) is 6.94. The maximum atomic E-state index is 12.5. The molecule has 0 aliphatic heterocycles. The lowest BCUT2D eigenvalue weighted by Gasteiger charge is -2.15. The number of anilines is 3. The van der Waals surface area contributed by atoms with Crippen LogP contribution in [0.3, 0.4) is 0 Å². The molecule has 2 N–H and O–H groups in total. The van der Waals surface area contributed by atoms with E-state index in [1.807, 2.05) is 42.5 Å². The number of rotatable bonds is 6. The lowest BCUT2D eigenvalue weighted by molar-refractivity contribution is -0.116. The van der Waals surface area contributed by atoms with Crippen LogP contribution in [0.15, 0.2) is 53.3 Å². The van der Waals surface area contributed by atoms with Crippen LogP contribution in [-0.2, 0) is 4.79 Å². The van der Waals surface area contributed by atoms with E-state index < -0.39 is 0 Å². The summed E-state index contributed by atoms with van der Waals surface area (Å²) in [7, 11) is 0. The number of hydrogen-bond donors (Lipinski definition) is 2. The molecule has 5 nitrogen and oxygen atoms in total. The van der Waals surface area contributed by atoms with Crippen molar-refractivity contribution in [2.24, 2.45) is 11.8 Å². The van der Waals surface area contributed by atoms with Crippen LogP contribution < -0.4 is 10.6 Å². The SMILES string of the molecule is CC1CCCC1CCC(=O)Nc1ccc2ncnc(Nc3cccc(Br)c3)c2c1. The molecular formula is C23H25BrN4O. The number of hydrogen-bond acceptors (Lipinski definition) is 4. The summed E-state index contributed by atoms with van der Waals surface area (Å²) < 4.78 is 0.991. The predicted octanol–water partition coefficient (Wildman–Crippen LogP) is 6.29. The Bertz CT molecular complexity index is 1020. The lowest BCUT2D eigenvalue weighted by atomic mass is 9.93. The third-order valence-corrected chi connectivity index (χ3v) is 6.28. The minimum absolute atomic E-state index is 0.0711. The molecule has 1 heterocycles. The van der Waals surface area contributed by atoms with Crippen LogP contribution in [0.1, 0.15) is 39.0 Å². The first kappa shape index (κ1) is 19.8. The zero-order chi connectivity index (χ0) is 20.2. The smallest absolute Gasteiger partial charge is 0.224 e. The minimum Gasteiger partial charge on any atom is -0.340 e. The molecule has 29 heavy (non-hydrogen) atoms. The zero-order valence-electron chi connectivity index (χ0n) is 16.5. The minimum atomic E-state index is 0.0711. The van der Waals surface area contributed by atoms with Crippen LogP contribution in [0.4, 0.5) is 17.2 Å². The Hall–Kier alpha value is -2.47. The van der Waals surface area contributed by atoms with Gasteiger partial charge in [-0.05, 0) is 54.7 Å². The van der Waals surface area contributed by atoms with E-state index in [1.165, 1.54) is 19.3 Å². The van der Waals surface area contributed by atoms with Crippen LogP contribution in [0, 0.1) is 11.8 Å². The van der Waals surface area contributed by atoms with Crippen LogP contribution in [0.25, 0.3) is 10.9 Å². The van der Waals surface area contributed by atoms with Gasteiger partial charge in [-0.2, -0.15) is 0 Å². The number of fused-ring (bicyclic) bond motifs is 1. The highest BCUT2D eigenvalue weighted by atomic mass is 79.9. The average Bonchev–Trinajstić information content (AvgIpc) is 3.12. The normalized spacial score (nSPS) is 18.7. The number of amides is 1. The molecule has 3 aromatic rings. The number of benzene rings is 2. The number of carbonyl (C=O) groups is 1. The Labute approximate surface area is 179 Å². The van der Waals surface area contributed by atoms with Gasteiger partial charge in [0.1, 0.15) is 12.1 Å². The molecule has 1 aliphatic rings. The Kier molecular flexibility index (Phi) is 6.09. The van der Waals surface area contributed by atoms with E-state index >= 15 is 0 Å². The number of aromatic nitrogens is 2. The van der Waals surface area contributed by atoms with Crippen molar-refractivity contribution in [3.63, 3.8) is 0 Å². The monoisotopic (exact) mass is 452 g/mol. The van der Waals surface area contributed by atoms with Gasteiger partial charge in [0.2, 0.25) is 5.91 Å². The molecule has 2 atom stereocenters. The zero-order valence-corrected chi connectivity index (χ0v) is 18.1. The van der Waals surface area contributed by atoms with E-state index in [4.69, 9.17) is 0 Å². The van der Waals surface area contributed by atoms with Gasteiger partial charge in [0.25, 0.3) is 0 Å². The quantitative estimate of drug-likeness (QED) is 0.460. The Morgan fingerprint density at radius 2 is 2.03 bits per heavy atom. The third-order valence-electron chi connectivity index (χ3n) is 5.79. The van der Waals surface area contributed by atoms with Crippen LogP contribution in [0.5, 0.6) is 0 Å². The Morgan fingerprint density at radius 1 is 1.14 bits per heavy atom. The molecule has 1 aromatic heterocycles. The van der Waals surface area contributed by atoms with Crippen molar-refractivity contribution in [3.8, 4) is 0 Å². The van der Waals surface area contributed by atoms with Gasteiger partial charge in [-0.3, -0.25) is 4.79 Å². The summed E-state index contributed by atoms with van der Waals surface area (Å²) in [5.41, 5.74) is 2.53. The summed E-state index contributed by atoms with van der Waals surface area (Å²) in [6, 6.07) is 13.7. The van der Waals surface area contributed by atoms with Crippen molar-refractivity contribution in [1.82, 2.24) is 9.97 Å². The van der Waals surface area contributed by atoms with Crippen molar-refractivity contribution >= 4 is 49.9 Å². The molecule has 150 valence electrons. The summed E-state index contributed by atoms with van der Waals surface area (Å²) in [4.78, 5) is 21.2. The maximum Gasteiger partial charge on any atom is 0.224 e. The third kappa shape index (κ3) is 4.93. The first-order chi connectivity index (χ1) is 14.1. The van der Waals surface area contributed by atoms with Crippen LogP contribution in [0.2, 0.25) is 0 Å². The molecule has 0 saturated heterocycles. The maximum absolute atomic E-state index is 12.5. The van der Waals surface area contributed by atoms with Crippen molar-refractivity contribution in [3.05, 3.63) is 53.3 Å². The summed E-state index contributed by atoms with van der Waals surface area (Å²) in [5.74, 6) is 2.21. The van der Waals surface area contributed by atoms with Gasteiger partial charge in [0, 0.05) is 27.7 Å². The number of halogens is 1. The van der Waals surface area contributed by atoms with Crippen molar-refractivity contribution in [2.75, 3.05) is 10.6 Å². The molecule has 4 rings (SSSR count). The summed E-state index contributed by atoms with van der Waals surface area (Å²) in [5, 5.41) is 7.25. The van der Waals surface area contributed by atoms with E-state index in [1.54, 1.807) is 6.33 Å². The van der Waals surface area contributed by atoms with Gasteiger partial charge in [0.05, 0.1) is 5.52 Å². The van der Waals surface area contributed by atoms with E-state index in [0.29, 0.717) is 18.2 Å². The van der Waals surface area contributed by atoms with E-state index in [0.717, 1.165) is 39.1 Å². The highest BCUT2D eigenvalue weighted by Gasteiger charge is 2.23. The molecule has 1 amide bonds.